The van der Waals surface area contributed by atoms with Crippen molar-refractivity contribution < 1.29 is 24.7 Å². The van der Waals surface area contributed by atoms with Gasteiger partial charge in [0.15, 0.2) is 0 Å². The van der Waals surface area contributed by atoms with Crippen LogP contribution in [0.25, 0.3) is 17.2 Å². The SMILES string of the molecule is C=C(C)C(=C)C.CCC1=Cc2c(-c3ccccc3)cccc2[CH]1[Zr]. The van der Waals surface area contributed by atoms with E-state index in [1.165, 1.54) is 28.7 Å². The Morgan fingerprint density at radius 3 is 2.12 bits per heavy atom. The third-order valence-electron chi connectivity index (χ3n) is 4.37. The second kappa shape index (κ2) is 8.58. The van der Waals surface area contributed by atoms with E-state index in [1.54, 1.807) is 30.3 Å². The first-order chi connectivity index (χ1) is 11.5. The number of hydrogen-bond donors (Lipinski definition) is 0. The van der Waals surface area contributed by atoms with Crippen LogP contribution in [-0.2, 0) is 24.7 Å². The van der Waals surface area contributed by atoms with Gasteiger partial charge in [0, 0.05) is 0 Å². The summed E-state index contributed by atoms with van der Waals surface area (Å²) >= 11 is 1.60. The molecule has 121 valence electrons. The maximum absolute atomic E-state index is 3.66. The fraction of sp³-hybridized carbons (Fsp3) is 0.217. The Morgan fingerprint density at radius 1 is 0.958 bits per heavy atom. The number of hydrogen-bond acceptors (Lipinski definition) is 0. The van der Waals surface area contributed by atoms with Crippen molar-refractivity contribution >= 4 is 6.08 Å². The van der Waals surface area contributed by atoms with E-state index in [0.717, 1.165) is 11.1 Å². The van der Waals surface area contributed by atoms with Crippen molar-refractivity contribution in [3.8, 4) is 11.1 Å². The maximum atomic E-state index is 3.66. The average molecular weight is 393 g/mol. The monoisotopic (exact) mass is 391 g/mol. The molecule has 1 aliphatic carbocycles. The van der Waals surface area contributed by atoms with Crippen molar-refractivity contribution in [2.24, 2.45) is 0 Å². The molecule has 2 aromatic rings. The topological polar surface area (TPSA) is 0 Å². The molecule has 1 heteroatoms. The standard InChI is InChI=1S/C17H15.C6H10.Zr/c1-2-13-11-15-9-6-10-16(17(15)12-13)14-7-4-3-5-8-14;1-5(2)6(3)4;/h3-12H,2H2,1H3;1,3H2,2,4H3;. The molecule has 0 N–H and O–H groups in total. The molecule has 0 aliphatic heterocycles. The van der Waals surface area contributed by atoms with Crippen molar-refractivity contribution in [3.05, 3.63) is 89.5 Å². The van der Waals surface area contributed by atoms with Gasteiger partial charge in [0.1, 0.15) is 0 Å². The average Bonchev–Trinajstić information content (AvgIpc) is 2.92. The van der Waals surface area contributed by atoms with Crippen LogP contribution in [0.3, 0.4) is 0 Å². The number of benzene rings is 2. The van der Waals surface area contributed by atoms with Gasteiger partial charge < -0.3 is 0 Å². The van der Waals surface area contributed by atoms with Crippen LogP contribution in [0.5, 0.6) is 0 Å². The molecule has 0 aromatic heterocycles. The van der Waals surface area contributed by atoms with Gasteiger partial charge in [0.2, 0.25) is 0 Å². The van der Waals surface area contributed by atoms with E-state index in [9.17, 15) is 0 Å². The summed E-state index contributed by atoms with van der Waals surface area (Å²) in [5.41, 5.74) is 9.39. The van der Waals surface area contributed by atoms with Crippen LogP contribution in [0.1, 0.15) is 41.9 Å². The number of allylic oxidation sites excluding steroid dienone is 3. The van der Waals surface area contributed by atoms with Crippen LogP contribution >= 0.6 is 0 Å². The Labute approximate surface area is 161 Å². The van der Waals surface area contributed by atoms with Gasteiger partial charge in [0.25, 0.3) is 0 Å². The minimum atomic E-state index is 0.667. The van der Waals surface area contributed by atoms with Gasteiger partial charge in [0.05, 0.1) is 0 Å². The molecule has 0 fully saturated rings. The van der Waals surface area contributed by atoms with Gasteiger partial charge in [-0.1, -0.05) is 24.3 Å². The van der Waals surface area contributed by atoms with Crippen LogP contribution < -0.4 is 0 Å². The van der Waals surface area contributed by atoms with E-state index in [2.05, 4.69) is 74.7 Å². The van der Waals surface area contributed by atoms with Crippen molar-refractivity contribution in [3.63, 3.8) is 0 Å². The van der Waals surface area contributed by atoms with Crippen molar-refractivity contribution in [1.29, 1.82) is 0 Å². The van der Waals surface area contributed by atoms with Gasteiger partial charge in [-0.2, -0.15) is 0 Å². The van der Waals surface area contributed by atoms with Crippen LogP contribution in [0, 0.1) is 0 Å². The molecule has 0 nitrogen and oxygen atoms in total. The fourth-order valence-electron chi connectivity index (χ4n) is 2.64. The third-order valence-corrected chi connectivity index (χ3v) is 6.05. The van der Waals surface area contributed by atoms with Gasteiger partial charge in [-0.05, 0) is 13.8 Å². The first-order valence-electron chi connectivity index (χ1n) is 8.37. The fourth-order valence-corrected chi connectivity index (χ4v) is 3.97. The van der Waals surface area contributed by atoms with Crippen LogP contribution in [0.2, 0.25) is 0 Å². The second-order valence-electron chi connectivity index (χ2n) is 6.24. The summed E-state index contributed by atoms with van der Waals surface area (Å²) < 4.78 is 0.667. The van der Waals surface area contributed by atoms with Crippen LogP contribution in [0.15, 0.2) is 78.4 Å². The molecule has 1 atom stereocenters. The Balaban J connectivity index is 0.000000301. The van der Waals surface area contributed by atoms with Crippen molar-refractivity contribution in [2.75, 3.05) is 0 Å². The molecule has 0 bridgehead atoms. The molecule has 0 saturated carbocycles. The van der Waals surface area contributed by atoms with Gasteiger partial charge in [-0.15, -0.1) is 0 Å². The molecule has 0 saturated heterocycles. The Hall–Kier alpha value is -1.46. The second-order valence-corrected chi connectivity index (χ2v) is 7.66. The van der Waals surface area contributed by atoms with E-state index in [-0.39, 0.29) is 0 Å². The molecule has 0 spiro atoms. The molecule has 24 heavy (non-hydrogen) atoms. The molecular formula is C23H25Zr. The molecule has 0 heterocycles. The zero-order valence-electron chi connectivity index (χ0n) is 14.9. The molecular weight excluding hydrogens is 367 g/mol. The van der Waals surface area contributed by atoms with Crippen molar-refractivity contribution in [2.45, 2.75) is 30.8 Å². The zero-order chi connectivity index (χ0) is 17.7. The summed E-state index contributed by atoms with van der Waals surface area (Å²) in [6, 6.07) is 17.4. The number of fused-ring (bicyclic) bond motifs is 1. The summed E-state index contributed by atoms with van der Waals surface area (Å²) in [6.45, 7) is 13.5. The van der Waals surface area contributed by atoms with Crippen LogP contribution in [0.4, 0.5) is 0 Å². The van der Waals surface area contributed by atoms with E-state index < -0.39 is 0 Å². The molecule has 0 amide bonds. The molecule has 1 aliphatic rings. The summed E-state index contributed by atoms with van der Waals surface area (Å²) in [7, 11) is 0. The molecule has 0 radical (unpaired) electrons. The van der Waals surface area contributed by atoms with Gasteiger partial charge in [-0.25, -0.2) is 0 Å². The third kappa shape index (κ3) is 4.34. The Bertz CT molecular complexity index is 754. The molecule has 2 aromatic carbocycles. The predicted octanol–water partition coefficient (Wildman–Crippen LogP) is 6.89. The number of rotatable bonds is 3. The first kappa shape index (κ1) is 18.9. The predicted molar refractivity (Wildman–Crippen MR) is 103 cm³/mol. The summed E-state index contributed by atoms with van der Waals surface area (Å²) in [6.07, 6.45) is 3.58. The summed E-state index contributed by atoms with van der Waals surface area (Å²) in [5, 5.41) is 0. The van der Waals surface area contributed by atoms with Gasteiger partial charge in [-0.3, -0.25) is 0 Å². The van der Waals surface area contributed by atoms with Crippen LogP contribution in [-0.4, -0.2) is 0 Å². The Morgan fingerprint density at radius 2 is 1.58 bits per heavy atom. The quantitative estimate of drug-likeness (QED) is 0.499. The summed E-state index contributed by atoms with van der Waals surface area (Å²) in [5.74, 6) is 0. The zero-order valence-corrected chi connectivity index (χ0v) is 17.4. The minimum absolute atomic E-state index is 0.667. The Kier molecular flexibility index (Phi) is 6.75. The van der Waals surface area contributed by atoms with Crippen molar-refractivity contribution in [1.82, 2.24) is 0 Å². The first-order valence-corrected chi connectivity index (χ1v) is 9.78. The van der Waals surface area contributed by atoms with E-state index in [4.69, 9.17) is 0 Å². The van der Waals surface area contributed by atoms with Gasteiger partial charge >= 0.3 is 124 Å². The molecule has 1 unspecified atom stereocenters. The molecule has 3 rings (SSSR count). The normalized spacial score (nSPS) is 14.9. The summed E-state index contributed by atoms with van der Waals surface area (Å²) in [4.78, 5) is 0. The van der Waals surface area contributed by atoms with E-state index in [1.807, 2.05) is 13.8 Å². The van der Waals surface area contributed by atoms with E-state index in [0.29, 0.717) is 3.63 Å². The van der Waals surface area contributed by atoms with E-state index >= 15 is 0 Å².